The molecule has 0 saturated carbocycles. The van der Waals surface area contributed by atoms with Crippen LogP contribution in [0.5, 0.6) is 0 Å². The molecule has 6 heteroatoms. The number of furan rings is 1. The fourth-order valence-electron chi connectivity index (χ4n) is 3.14. The zero-order valence-electron chi connectivity index (χ0n) is 15.2. The first-order valence-corrected chi connectivity index (χ1v) is 8.96. The molecular weight excluding hydrogens is 330 g/mol. The quantitative estimate of drug-likeness (QED) is 0.880. The van der Waals surface area contributed by atoms with E-state index in [2.05, 4.69) is 10.6 Å². The predicted molar refractivity (Wildman–Crippen MR) is 100 cm³/mol. The molecule has 1 aliphatic heterocycles. The molecule has 1 aromatic heterocycles. The van der Waals surface area contributed by atoms with E-state index in [4.69, 9.17) is 4.42 Å². The third kappa shape index (κ3) is 4.45. The summed E-state index contributed by atoms with van der Waals surface area (Å²) in [6, 6.07) is 7.37. The van der Waals surface area contributed by atoms with Gasteiger partial charge in [0.1, 0.15) is 6.26 Å². The van der Waals surface area contributed by atoms with Crippen LogP contribution in [-0.4, -0.2) is 36.5 Å². The number of anilines is 1. The second-order valence-corrected chi connectivity index (χ2v) is 6.88. The van der Waals surface area contributed by atoms with E-state index in [-0.39, 0.29) is 11.9 Å². The highest BCUT2D eigenvalue weighted by Gasteiger charge is 2.24. The Balaban J connectivity index is 1.41. The lowest BCUT2D eigenvalue weighted by Crippen LogP contribution is -2.42. The molecule has 2 aromatic rings. The summed E-state index contributed by atoms with van der Waals surface area (Å²) >= 11 is 0. The maximum absolute atomic E-state index is 12.3. The first-order valence-electron chi connectivity index (χ1n) is 8.96. The maximum atomic E-state index is 12.3. The van der Waals surface area contributed by atoms with E-state index in [1.165, 1.54) is 18.1 Å². The monoisotopic (exact) mass is 355 g/mol. The van der Waals surface area contributed by atoms with Crippen molar-refractivity contribution in [3.05, 3.63) is 53.5 Å². The SMILES string of the molecule is Cc1ccc(NC(=O)NCC2CCN(C(=O)c3ccoc3)CC2)cc1C. The van der Waals surface area contributed by atoms with Gasteiger partial charge in [-0.3, -0.25) is 4.79 Å². The van der Waals surface area contributed by atoms with Crippen LogP contribution >= 0.6 is 0 Å². The van der Waals surface area contributed by atoms with Crippen molar-refractivity contribution < 1.29 is 14.0 Å². The molecule has 1 saturated heterocycles. The van der Waals surface area contributed by atoms with Crippen LogP contribution in [0.25, 0.3) is 0 Å². The maximum Gasteiger partial charge on any atom is 0.319 e. The van der Waals surface area contributed by atoms with E-state index in [1.54, 1.807) is 6.07 Å². The lowest BCUT2D eigenvalue weighted by Gasteiger charge is -2.31. The van der Waals surface area contributed by atoms with Gasteiger partial charge in [-0.2, -0.15) is 0 Å². The van der Waals surface area contributed by atoms with Gasteiger partial charge in [-0.25, -0.2) is 4.79 Å². The molecule has 0 radical (unpaired) electrons. The van der Waals surface area contributed by atoms with Gasteiger partial charge < -0.3 is 20.0 Å². The van der Waals surface area contributed by atoms with Crippen LogP contribution in [0.1, 0.15) is 34.3 Å². The molecule has 1 fully saturated rings. The molecular formula is C20H25N3O3. The Kier molecular flexibility index (Phi) is 5.61. The Morgan fingerprint density at radius 3 is 2.58 bits per heavy atom. The average molecular weight is 355 g/mol. The van der Waals surface area contributed by atoms with Crippen molar-refractivity contribution in [3.63, 3.8) is 0 Å². The number of piperidine rings is 1. The zero-order chi connectivity index (χ0) is 18.5. The summed E-state index contributed by atoms with van der Waals surface area (Å²) < 4.78 is 4.97. The Morgan fingerprint density at radius 2 is 1.92 bits per heavy atom. The van der Waals surface area contributed by atoms with Crippen LogP contribution in [-0.2, 0) is 0 Å². The van der Waals surface area contributed by atoms with Crippen LogP contribution in [0.15, 0.2) is 41.2 Å². The number of urea groups is 1. The number of amides is 3. The summed E-state index contributed by atoms with van der Waals surface area (Å²) in [4.78, 5) is 26.2. The smallest absolute Gasteiger partial charge is 0.319 e. The van der Waals surface area contributed by atoms with Gasteiger partial charge in [0.2, 0.25) is 0 Å². The molecule has 1 aromatic carbocycles. The number of nitrogens with zero attached hydrogens (tertiary/aromatic N) is 1. The molecule has 0 atom stereocenters. The molecule has 0 spiro atoms. The number of aryl methyl sites for hydroxylation is 2. The van der Waals surface area contributed by atoms with E-state index in [0.29, 0.717) is 31.1 Å². The number of likely N-dealkylation sites (tertiary alicyclic amines) is 1. The van der Waals surface area contributed by atoms with Gasteiger partial charge in [-0.15, -0.1) is 0 Å². The normalized spacial score (nSPS) is 14.9. The second-order valence-electron chi connectivity index (χ2n) is 6.88. The van der Waals surface area contributed by atoms with E-state index in [0.717, 1.165) is 24.1 Å². The van der Waals surface area contributed by atoms with Crippen LogP contribution in [0.3, 0.4) is 0 Å². The molecule has 0 aliphatic carbocycles. The standard InChI is InChI=1S/C20H25N3O3/c1-14-3-4-18(11-15(14)2)22-20(25)21-12-16-5-8-23(9-6-16)19(24)17-7-10-26-13-17/h3-4,7,10-11,13,16H,5-6,8-9,12H2,1-2H3,(H2,21,22,25). The molecule has 2 N–H and O–H groups in total. The van der Waals surface area contributed by atoms with Gasteiger partial charge in [0.15, 0.2) is 0 Å². The third-order valence-corrected chi connectivity index (χ3v) is 4.99. The van der Waals surface area contributed by atoms with Gasteiger partial charge in [0.05, 0.1) is 11.8 Å². The number of rotatable bonds is 4. The van der Waals surface area contributed by atoms with Crippen molar-refractivity contribution in [1.29, 1.82) is 0 Å². The molecule has 138 valence electrons. The number of carbonyl (C=O) groups is 2. The molecule has 0 bridgehead atoms. The van der Waals surface area contributed by atoms with Crippen molar-refractivity contribution in [1.82, 2.24) is 10.2 Å². The first-order chi connectivity index (χ1) is 12.5. The molecule has 26 heavy (non-hydrogen) atoms. The van der Waals surface area contributed by atoms with Crippen molar-refractivity contribution in [2.45, 2.75) is 26.7 Å². The minimum absolute atomic E-state index is 0.0117. The molecule has 0 unspecified atom stereocenters. The second kappa shape index (κ2) is 8.08. The first kappa shape index (κ1) is 18.0. The van der Waals surface area contributed by atoms with Gasteiger partial charge in [-0.05, 0) is 61.9 Å². The van der Waals surface area contributed by atoms with Crippen LogP contribution < -0.4 is 10.6 Å². The third-order valence-electron chi connectivity index (χ3n) is 4.99. The molecule has 1 aliphatic rings. The van der Waals surface area contributed by atoms with Crippen LogP contribution in [0.4, 0.5) is 10.5 Å². The number of carbonyl (C=O) groups excluding carboxylic acids is 2. The largest absolute Gasteiger partial charge is 0.472 e. The van der Waals surface area contributed by atoms with Gasteiger partial charge in [0, 0.05) is 25.3 Å². The fourth-order valence-corrected chi connectivity index (χ4v) is 3.14. The summed E-state index contributed by atoms with van der Waals surface area (Å²) in [6.45, 7) is 6.09. The fraction of sp³-hybridized carbons (Fsp3) is 0.400. The molecule has 3 rings (SSSR count). The predicted octanol–water partition coefficient (Wildman–Crippen LogP) is 3.57. The summed E-state index contributed by atoms with van der Waals surface area (Å²) in [5.74, 6) is 0.395. The van der Waals surface area contributed by atoms with Gasteiger partial charge in [-0.1, -0.05) is 6.07 Å². The Bertz CT molecular complexity index is 763. The van der Waals surface area contributed by atoms with E-state index in [1.807, 2.05) is 36.9 Å². The van der Waals surface area contributed by atoms with Crippen LogP contribution in [0.2, 0.25) is 0 Å². The van der Waals surface area contributed by atoms with E-state index >= 15 is 0 Å². The zero-order valence-corrected chi connectivity index (χ0v) is 15.2. The van der Waals surface area contributed by atoms with E-state index < -0.39 is 0 Å². The highest BCUT2D eigenvalue weighted by atomic mass is 16.3. The highest BCUT2D eigenvalue weighted by molar-refractivity contribution is 5.93. The lowest BCUT2D eigenvalue weighted by atomic mass is 9.96. The molecule has 6 nitrogen and oxygen atoms in total. The summed E-state index contributed by atoms with van der Waals surface area (Å²) in [7, 11) is 0. The number of nitrogens with one attached hydrogen (secondary N) is 2. The van der Waals surface area contributed by atoms with Crippen molar-refractivity contribution >= 4 is 17.6 Å². The Hall–Kier alpha value is -2.76. The van der Waals surface area contributed by atoms with Crippen LogP contribution in [0, 0.1) is 19.8 Å². The summed E-state index contributed by atoms with van der Waals surface area (Å²) in [6.07, 6.45) is 4.76. The minimum Gasteiger partial charge on any atom is -0.472 e. The molecule has 3 amide bonds. The lowest BCUT2D eigenvalue weighted by molar-refractivity contribution is 0.0690. The number of hydrogen-bond donors (Lipinski definition) is 2. The average Bonchev–Trinajstić information content (AvgIpc) is 3.18. The highest BCUT2D eigenvalue weighted by Crippen LogP contribution is 2.19. The van der Waals surface area contributed by atoms with Gasteiger partial charge in [0.25, 0.3) is 5.91 Å². The number of benzene rings is 1. The Morgan fingerprint density at radius 1 is 1.15 bits per heavy atom. The number of hydrogen-bond acceptors (Lipinski definition) is 3. The molecule has 2 heterocycles. The van der Waals surface area contributed by atoms with Crippen molar-refractivity contribution in [3.8, 4) is 0 Å². The topological polar surface area (TPSA) is 74.6 Å². The Labute approximate surface area is 153 Å². The summed E-state index contributed by atoms with van der Waals surface area (Å²) in [5, 5.41) is 5.81. The summed E-state index contributed by atoms with van der Waals surface area (Å²) in [5.41, 5.74) is 3.74. The minimum atomic E-state index is -0.190. The van der Waals surface area contributed by atoms with Crippen molar-refractivity contribution in [2.75, 3.05) is 25.0 Å². The van der Waals surface area contributed by atoms with Crippen molar-refractivity contribution in [2.24, 2.45) is 5.92 Å². The van der Waals surface area contributed by atoms with Gasteiger partial charge >= 0.3 is 6.03 Å². The van der Waals surface area contributed by atoms with E-state index in [9.17, 15) is 9.59 Å².